The highest BCUT2D eigenvalue weighted by Gasteiger charge is 2.39. The van der Waals surface area contributed by atoms with Crippen LogP contribution in [0.15, 0.2) is 0 Å². The minimum absolute atomic E-state index is 0.125. The standard InChI is InChI=1S/C20H38O8.C9H16O3.C2H6O2/c1-3-19(13-27-14-19)11-25-9-17(21)7-23-5-6-24-8-18(22)10-26-12-20(4-2)15-28-16-20;1-2-9(6-11-7-9)5-10-3-8-4-12-8;3-1-2-4/h17-18,21-22H,3-16H2,1-2H3;8H,2-7H2,1H3;3-4H,1-2H2. The van der Waals surface area contributed by atoms with Crippen molar-refractivity contribution < 1.29 is 63.1 Å². The van der Waals surface area contributed by atoms with E-state index < -0.39 is 12.2 Å². The molecule has 44 heavy (non-hydrogen) atoms. The van der Waals surface area contributed by atoms with E-state index >= 15 is 0 Å². The topological polar surface area (TPSA) is 167 Å². The summed E-state index contributed by atoms with van der Waals surface area (Å²) in [6.45, 7) is 16.2. The van der Waals surface area contributed by atoms with Crippen molar-refractivity contribution in [2.75, 3.05) is 126 Å². The predicted molar refractivity (Wildman–Crippen MR) is 161 cm³/mol. The molecular formula is C31H60O13. The fraction of sp³-hybridized carbons (Fsp3) is 1.00. The molecule has 0 bridgehead atoms. The van der Waals surface area contributed by atoms with Gasteiger partial charge in [-0.15, -0.1) is 0 Å². The van der Waals surface area contributed by atoms with Crippen molar-refractivity contribution in [3.63, 3.8) is 0 Å². The number of hydrogen-bond acceptors (Lipinski definition) is 13. The van der Waals surface area contributed by atoms with E-state index in [0.29, 0.717) is 37.9 Å². The quantitative estimate of drug-likeness (QED) is 0.0898. The van der Waals surface area contributed by atoms with Crippen LogP contribution in [0.4, 0.5) is 0 Å². The maximum Gasteiger partial charge on any atom is 0.104 e. The molecule has 4 N–H and O–H groups in total. The molecule has 0 saturated carbocycles. The Morgan fingerprint density at radius 2 is 0.932 bits per heavy atom. The molecule has 3 atom stereocenters. The molecule has 0 aromatic rings. The van der Waals surface area contributed by atoms with Crippen LogP contribution in [0.2, 0.25) is 0 Å². The second-order valence-corrected chi connectivity index (χ2v) is 12.4. The highest BCUT2D eigenvalue weighted by molar-refractivity contribution is 4.85. The van der Waals surface area contributed by atoms with E-state index in [1.807, 2.05) is 0 Å². The zero-order chi connectivity index (χ0) is 32.2. The maximum atomic E-state index is 9.87. The van der Waals surface area contributed by atoms with Crippen molar-refractivity contribution >= 4 is 0 Å². The highest BCUT2D eigenvalue weighted by atomic mass is 16.6. The van der Waals surface area contributed by atoms with Gasteiger partial charge >= 0.3 is 0 Å². The third kappa shape index (κ3) is 15.4. The monoisotopic (exact) mass is 640 g/mol. The SMILES string of the molecule is CCC1(COCC(O)COCCOCC(O)COCC2(CC)COC2)COC1.CCC1(COCC2CO2)COC1.OCCO. The average molecular weight is 641 g/mol. The van der Waals surface area contributed by atoms with Gasteiger partial charge in [-0.25, -0.2) is 0 Å². The maximum absolute atomic E-state index is 9.87. The minimum Gasteiger partial charge on any atom is -0.394 e. The number of ether oxygens (including phenoxy) is 9. The number of aliphatic hydroxyl groups is 4. The largest absolute Gasteiger partial charge is 0.394 e. The zero-order valence-electron chi connectivity index (χ0n) is 27.3. The number of hydrogen-bond donors (Lipinski definition) is 4. The first-order valence-electron chi connectivity index (χ1n) is 16.1. The molecule has 3 unspecified atom stereocenters. The number of rotatable bonds is 23. The smallest absolute Gasteiger partial charge is 0.104 e. The third-order valence-corrected chi connectivity index (χ3v) is 8.34. The number of epoxide rings is 1. The molecule has 4 fully saturated rings. The molecular weight excluding hydrogens is 580 g/mol. The zero-order valence-corrected chi connectivity index (χ0v) is 27.3. The van der Waals surface area contributed by atoms with Crippen LogP contribution in [0.5, 0.6) is 0 Å². The molecule has 13 nitrogen and oxygen atoms in total. The molecule has 0 aliphatic carbocycles. The van der Waals surface area contributed by atoms with E-state index in [0.717, 1.165) is 78.7 Å². The van der Waals surface area contributed by atoms with Crippen molar-refractivity contribution in [3.05, 3.63) is 0 Å². The molecule has 4 rings (SSSR count). The van der Waals surface area contributed by atoms with E-state index in [2.05, 4.69) is 20.8 Å². The lowest BCUT2D eigenvalue weighted by molar-refractivity contribution is -0.158. The lowest BCUT2D eigenvalue weighted by Gasteiger charge is -2.40. The first-order valence-corrected chi connectivity index (χ1v) is 16.1. The average Bonchev–Trinajstić information content (AvgIpc) is 3.80. The Labute approximate surface area is 263 Å². The van der Waals surface area contributed by atoms with Gasteiger partial charge < -0.3 is 63.1 Å². The summed E-state index contributed by atoms with van der Waals surface area (Å²) in [4.78, 5) is 0. The summed E-state index contributed by atoms with van der Waals surface area (Å²) in [6, 6.07) is 0. The normalized spacial score (nSPS) is 23.4. The Bertz CT molecular complexity index is 640. The van der Waals surface area contributed by atoms with Crippen LogP contribution in [0.1, 0.15) is 40.0 Å². The second-order valence-electron chi connectivity index (χ2n) is 12.4. The van der Waals surface area contributed by atoms with E-state index in [4.69, 9.17) is 52.8 Å². The van der Waals surface area contributed by atoms with E-state index in [9.17, 15) is 10.2 Å². The molecule has 262 valence electrons. The summed E-state index contributed by atoms with van der Waals surface area (Å²) >= 11 is 0. The van der Waals surface area contributed by atoms with Gasteiger partial charge in [0.2, 0.25) is 0 Å². The lowest BCUT2D eigenvalue weighted by atomic mass is 9.84. The van der Waals surface area contributed by atoms with Gasteiger partial charge in [0.05, 0.1) is 126 Å². The molecule has 0 radical (unpaired) electrons. The fourth-order valence-corrected chi connectivity index (χ4v) is 4.39. The Morgan fingerprint density at radius 1 is 0.591 bits per heavy atom. The molecule has 4 saturated heterocycles. The van der Waals surface area contributed by atoms with Gasteiger partial charge in [0.15, 0.2) is 0 Å². The predicted octanol–water partition coefficient (Wildman–Crippen LogP) is 0.427. The molecule has 13 heteroatoms. The van der Waals surface area contributed by atoms with Gasteiger partial charge in [-0.3, -0.25) is 0 Å². The van der Waals surface area contributed by atoms with Crippen molar-refractivity contribution in [1.82, 2.24) is 0 Å². The van der Waals surface area contributed by atoms with Gasteiger partial charge in [-0.2, -0.15) is 0 Å². The van der Waals surface area contributed by atoms with Crippen LogP contribution in [0, 0.1) is 16.2 Å². The highest BCUT2D eigenvalue weighted by Crippen LogP contribution is 2.33. The summed E-state index contributed by atoms with van der Waals surface area (Å²) in [5.74, 6) is 0. The third-order valence-electron chi connectivity index (χ3n) is 8.34. The van der Waals surface area contributed by atoms with Crippen molar-refractivity contribution in [3.8, 4) is 0 Å². The van der Waals surface area contributed by atoms with Crippen LogP contribution >= 0.6 is 0 Å². The summed E-state index contributed by atoms with van der Waals surface area (Å²) in [6.07, 6.45) is 2.26. The molecule has 4 aliphatic rings. The Kier molecular flexibility index (Phi) is 19.9. The minimum atomic E-state index is -0.657. The van der Waals surface area contributed by atoms with Crippen molar-refractivity contribution in [2.45, 2.75) is 58.3 Å². The van der Waals surface area contributed by atoms with Gasteiger partial charge in [-0.1, -0.05) is 20.8 Å². The van der Waals surface area contributed by atoms with E-state index in [1.54, 1.807) is 0 Å². The fourth-order valence-electron chi connectivity index (χ4n) is 4.39. The Balaban J connectivity index is 0.000000344. The van der Waals surface area contributed by atoms with E-state index in [-0.39, 0.29) is 50.5 Å². The van der Waals surface area contributed by atoms with Gasteiger partial charge in [-0.05, 0) is 19.3 Å². The summed E-state index contributed by atoms with van der Waals surface area (Å²) in [5.41, 5.74) is 0.582. The molecule has 0 spiro atoms. The molecule has 0 aromatic heterocycles. The lowest BCUT2D eigenvalue weighted by Crippen LogP contribution is -2.46. The first-order chi connectivity index (χ1) is 21.3. The molecule has 0 aromatic carbocycles. The van der Waals surface area contributed by atoms with Gasteiger partial charge in [0.25, 0.3) is 0 Å². The van der Waals surface area contributed by atoms with Gasteiger partial charge in [0.1, 0.15) is 18.3 Å². The first kappa shape index (κ1) is 39.7. The van der Waals surface area contributed by atoms with Crippen molar-refractivity contribution in [2.24, 2.45) is 16.2 Å². The Hall–Kier alpha value is -0.520. The van der Waals surface area contributed by atoms with Crippen LogP contribution < -0.4 is 0 Å². The van der Waals surface area contributed by atoms with Crippen LogP contribution in [0.3, 0.4) is 0 Å². The summed E-state index contributed by atoms with van der Waals surface area (Å²) in [5, 5.41) is 35.0. The second kappa shape index (κ2) is 22.1. The van der Waals surface area contributed by atoms with Crippen molar-refractivity contribution in [1.29, 1.82) is 0 Å². The Morgan fingerprint density at radius 3 is 1.20 bits per heavy atom. The number of aliphatic hydroxyl groups excluding tert-OH is 4. The summed E-state index contributed by atoms with van der Waals surface area (Å²) in [7, 11) is 0. The van der Waals surface area contributed by atoms with E-state index in [1.165, 1.54) is 0 Å². The van der Waals surface area contributed by atoms with Crippen LogP contribution in [-0.4, -0.2) is 164 Å². The molecule has 4 aliphatic heterocycles. The van der Waals surface area contributed by atoms with Crippen LogP contribution in [-0.2, 0) is 42.6 Å². The summed E-state index contributed by atoms with van der Waals surface area (Å²) < 4.78 is 48.2. The van der Waals surface area contributed by atoms with Crippen LogP contribution in [0.25, 0.3) is 0 Å². The van der Waals surface area contributed by atoms with Gasteiger partial charge in [0, 0.05) is 16.2 Å². The molecule has 4 heterocycles. The molecule has 0 amide bonds.